The van der Waals surface area contributed by atoms with Crippen LogP contribution in [0.15, 0.2) is 24.3 Å². The lowest BCUT2D eigenvalue weighted by atomic mass is 10.1. The molecule has 0 saturated carbocycles. The van der Waals surface area contributed by atoms with Crippen molar-refractivity contribution < 1.29 is 9.53 Å². The van der Waals surface area contributed by atoms with Gasteiger partial charge in [-0.2, -0.15) is 0 Å². The van der Waals surface area contributed by atoms with Gasteiger partial charge in [-0.3, -0.25) is 9.69 Å². The molecule has 4 rings (SSSR count). The monoisotopic (exact) mass is 399 g/mol. The second-order valence-corrected chi connectivity index (χ2v) is 7.83. The zero-order valence-electron chi connectivity index (χ0n) is 17.0. The van der Waals surface area contributed by atoms with Gasteiger partial charge in [0, 0.05) is 38.4 Å². The minimum absolute atomic E-state index is 0.0464. The van der Waals surface area contributed by atoms with Crippen molar-refractivity contribution in [2.45, 2.75) is 26.4 Å². The average molecular weight is 399 g/mol. The lowest BCUT2D eigenvalue weighted by Crippen LogP contribution is -2.37. The zero-order valence-corrected chi connectivity index (χ0v) is 17.0. The molecular formula is C20H29N7O2. The van der Waals surface area contributed by atoms with Crippen molar-refractivity contribution in [3.8, 4) is 0 Å². The summed E-state index contributed by atoms with van der Waals surface area (Å²) in [6.45, 7) is 8.79. The van der Waals surface area contributed by atoms with Crippen LogP contribution in [0.2, 0.25) is 0 Å². The Kier molecular flexibility index (Phi) is 6.36. The van der Waals surface area contributed by atoms with Crippen LogP contribution in [0.1, 0.15) is 17.8 Å². The van der Waals surface area contributed by atoms with E-state index in [9.17, 15) is 4.79 Å². The van der Waals surface area contributed by atoms with Crippen molar-refractivity contribution >= 4 is 11.6 Å². The molecule has 1 aromatic carbocycles. The molecule has 1 amide bonds. The Morgan fingerprint density at radius 3 is 2.90 bits per heavy atom. The van der Waals surface area contributed by atoms with Gasteiger partial charge in [-0.1, -0.05) is 18.2 Å². The van der Waals surface area contributed by atoms with Crippen LogP contribution in [-0.2, 0) is 22.6 Å². The number of nitrogens with one attached hydrogen (secondary N) is 1. The van der Waals surface area contributed by atoms with E-state index < -0.39 is 0 Å². The fourth-order valence-corrected chi connectivity index (χ4v) is 4.00. The molecule has 2 saturated heterocycles. The molecule has 29 heavy (non-hydrogen) atoms. The number of rotatable bonds is 7. The molecule has 0 aliphatic carbocycles. The van der Waals surface area contributed by atoms with Crippen LogP contribution in [0.5, 0.6) is 0 Å². The Bertz CT molecular complexity index is 819. The van der Waals surface area contributed by atoms with Crippen LogP contribution >= 0.6 is 0 Å². The van der Waals surface area contributed by atoms with Crippen molar-refractivity contribution in [2.75, 3.05) is 50.8 Å². The van der Waals surface area contributed by atoms with Crippen LogP contribution in [0.3, 0.4) is 0 Å². The first kappa shape index (κ1) is 19.8. The van der Waals surface area contributed by atoms with Crippen molar-refractivity contribution in [3.63, 3.8) is 0 Å². The van der Waals surface area contributed by atoms with Crippen LogP contribution in [0.25, 0.3) is 0 Å². The van der Waals surface area contributed by atoms with E-state index in [2.05, 4.69) is 61.8 Å². The number of hydrogen-bond acceptors (Lipinski definition) is 7. The molecule has 1 atom stereocenters. The molecule has 1 aromatic heterocycles. The van der Waals surface area contributed by atoms with E-state index in [4.69, 9.17) is 4.74 Å². The third-order valence-electron chi connectivity index (χ3n) is 5.70. The average Bonchev–Trinajstić information content (AvgIpc) is 3.37. The van der Waals surface area contributed by atoms with Gasteiger partial charge in [0.2, 0.25) is 5.91 Å². The number of ether oxygens (including phenoxy) is 1. The van der Waals surface area contributed by atoms with Crippen LogP contribution in [0, 0.1) is 12.8 Å². The third kappa shape index (κ3) is 5.10. The number of tetrazole rings is 1. The van der Waals surface area contributed by atoms with Crippen molar-refractivity contribution in [1.82, 2.24) is 30.4 Å². The summed E-state index contributed by atoms with van der Waals surface area (Å²) in [5.74, 6) is 1.13. The smallest absolute Gasteiger partial charge is 0.241 e. The predicted octanol–water partition coefficient (Wildman–Crippen LogP) is 0.456. The van der Waals surface area contributed by atoms with Gasteiger partial charge in [-0.15, -0.1) is 5.10 Å². The van der Waals surface area contributed by atoms with E-state index in [-0.39, 0.29) is 12.5 Å². The summed E-state index contributed by atoms with van der Waals surface area (Å²) >= 11 is 0. The maximum atomic E-state index is 12.4. The molecule has 2 aromatic rings. The molecule has 2 aliphatic rings. The highest BCUT2D eigenvalue weighted by molar-refractivity contribution is 5.75. The Morgan fingerprint density at radius 1 is 1.24 bits per heavy atom. The molecule has 0 spiro atoms. The predicted molar refractivity (Wildman–Crippen MR) is 108 cm³/mol. The maximum Gasteiger partial charge on any atom is 0.241 e. The van der Waals surface area contributed by atoms with E-state index in [1.807, 2.05) is 0 Å². The molecule has 2 fully saturated rings. The quantitative estimate of drug-likeness (QED) is 0.723. The largest absolute Gasteiger partial charge is 0.379 e. The first-order valence-corrected chi connectivity index (χ1v) is 10.3. The van der Waals surface area contributed by atoms with Gasteiger partial charge >= 0.3 is 0 Å². The molecular weight excluding hydrogens is 370 g/mol. The number of amides is 1. The topological polar surface area (TPSA) is 88.4 Å². The number of aryl methyl sites for hydroxylation is 1. The van der Waals surface area contributed by atoms with Gasteiger partial charge in [0.15, 0.2) is 5.82 Å². The Labute approximate surface area is 171 Å². The number of aromatic nitrogens is 4. The van der Waals surface area contributed by atoms with E-state index in [0.717, 1.165) is 45.8 Å². The number of anilines is 1. The molecule has 1 unspecified atom stereocenters. The summed E-state index contributed by atoms with van der Waals surface area (Å²) in [6, 6.07) is 8.46. The van der Waals surface area contributed by atoms with Gasteiger partial charge < -0.3 is 15.0 Å². The summed E-state index contributed by atoms with van der Waals surface area (Å²) in [5.41, 5.74) is 2.59. The number of carbonyl (C=O) groups excluding carboxylic acids is 1. The zero-order chi connectivity index (χ0) is 20.1. The number of morpholine rings is 1. The molecule has 9 heteroatoms. The molecule has 2 aliphatic heterocycles. The molecule has 1 N–H and O–H groups in total. The summed E-state index contributed by atoms with van der Waals surface area (Å²) in [5, 5.41) is 14.9. The Morgan fingerprint density at radius 2 is 2.07 bits per heavy atom. The summed E-state index contributed by atoms with van der Waals surface area (Å²) in [6.07, 6.45) is 1.09. The number of nitrogens with zero attached hydrogens (tertiary/aromatic N) is 6. The van der Waals surface area contributed by atoms with Gasteiger partial charge in [-0.25, -0.2) is 4.68 Å². The van der Waals surface area contributed by atoms with Crippen LogP contribution in [0.4, 0.5) is 5.69 Å². The highest BCUT2D eigenvalue weighted by Crippen LogP contribution is 2.26. The van der Waals surface area contributed by atoms with E-state index in [1.165, 1.54) is 11.3 Å². The molecule has 0 bridgehead atoms. The number of benzene rings is 1. The third-order valence-corrected chi connectivity index (χ3v) is 5.70. The Balaban J connectivity index is 1.24. The first-order chi connectivity index (χ1) is 14.2. The van der Waals surface area contributed by atoms with Crippen molar-refractivity contribution in [2.24, 2.45) is 5.92 Å². The fraction of sp³-hybridized carbons (Fsp3) is 0.600. The summed E-state index contributed by atoms with van der Waals surface area (Å²) in [7, 11) is 0. The van der Waals surface area contributed by atoms with Crippen LogP contribution < -0.4 is 10.2 Å². The summed E-state index contributed by atoms with van der Waals surface area (Å²) < 4.78 is 6.97. The minimum atomic E-state index is -0.0464. The standard InChI is InChI=1S/C20H29N7O2/c1-16-4-2-3-5-18(16)26-7-6-17(13-26)12-21-20(28)15-27-19(22-23-24-27)14-25-8-10-29-11-9-25/h2-5,17H,6-15H2,1H3,(H,21,28). The highest BCUT2D eigenvalue weighted by Gasteiger charge is 2.24. The van der Waals surface area contributed by atoms with Gasteiger partial charge in [0.25, 0.3) is 0 Å². The maximum absolute atomic E-state index is 12.4. The van der Waals surface area contributed by atoms with Crippen molar-refractivity contribution in [3.05, 3.63) is 35.7 Å². The second-order valence-electron chi connectivity index (χ2n) is 7.83. The van der Waals surface area contributed by atoms with Crippen LogP contribution in [-0.4, -0.2) is 77.0 Å². The molecule has 3 heterocycles. The number of hydrogen-bond donors (Lipinski definition) is 1. The summed E-state index contributed by atoms with van der Waals surface area (Å²) in [4.78, 5) is 17.1. The normalized spacial score (nSPS) is 20.2. The van der Waals surface area contributed by atoms with Gasteiger partial charge in [0.05, 0.1) is 19.8 Å². The second kappa shape index (κ2) is 9.32. The van der Waals surface area contributed by atoms with Gasteiger partial charge in [-0.05, 0) is 41.3 Å². The first-order valence-electron chi connectivity index (χ1n) is 10.3. The number of carbonyl (C=O) groups is 1. The molecule has 156 valence electrons. The lowest BCUT2D eigenvalue weighted by molar-refractivity contribution is -0.122. The Hall–Kier alpha value is -2.52. The van der Waals surface area contributed by atoms with E-state index in [0.29, 0.717) is 24.8 Å². The minimum Gasteiger partial charge on any atom is -0.379 e. The van der Waals surface area contributed by atoms with E-state index >= 15 is 0 Å². The van der Waals surface area contributed by atoms with E-state index in [1.54, 1.807) is 4.68 Å². The molecule has 9 nitrogen and oxygen atoms in total. The lowest BCUT2D eigenvalue weighted by Gasteiger charge is -2.25. The SMILES string of the molecule is Cc1ccccc1N1CCC(CNC(=O)Cn2nnnc2CN2CCOCC2)C1. The molecule has 0 radical (unpaired) electrons. The fourth-order valence-electron chi connectivity index (χ4n) is 4.00. The van der Waals surface area contributed by atoms with Gasteiger partial charge in [0.1, 0.15) is 6.54 Å². The highest BCUT2D eigenvalue weighted by atomic mass is 16.5. The van der Waals surface area contributed by atoms with Crippen molar-refractivity contribution in [1.29, 1.82) is 0 Å². The number of para-hydroxylation sites is 1.